The highest BCUT2D eigenvalue weighted by Gasteiger charge is 2.32. The molecular weight excluding hydrogens is 277 g/mol. The number of aromatic nitrogens is 1. The van der Waals surface area contributed by atoms with Gasteiger partial charge in [-0.25, -0.2) is 8.93 Å². The minimum Gasteiger partial charge on any atom is -0.251 e. The predicted octanol–water partition coefficient (Wildman–Crippen LogP) is 3.21. The fourth-order valence-electron chi connectivity index (χ4n) is 1.23. The Morgan fingerprint density at radius 3 is 2.21 bits per heavy atom. The molecule has 7 heteroatoms. The topological polar surface area (TPSA) is 42.0 Å². The molecule has 1 N–H and O–H groups in total. The zero-order valence-corrected chi connectivity index (χ0v) is 12.0. The van der Waals surface area contributed by atoms with Crippen LogP contribution in [0, 0.1) is 0 Å². The van der Waals surface area contributed by atoms with Crippen LogP contribution in [0.25, 0.3) is 0 Å². The van der Waals surface area contributed by atoms with E-state index in [0.717, 1.165) is 12.3 Å². The average molecular weight is 294 g/mol. The van der Waals surface area contributed by atoms with Crippen molar-refractivity contribution in [1.82, 2.24) is 9.71 Å². The highest BCUT2D eigenvalue weighted by Crippen LogP contribution is 2.28. The van der Waals surface area contributed by atoms with Gasteiger partial charge in [-0.3, -0.25) is 4.98 Å². The Labute approximate surface area is 113 Å². The van der Waals surface area contributed by atoms with Gasteiger partial charge in [0.2, 0.25) is 0 Å². The van der Waals surface area contributed by atoms with Gasteiger partial charge < -0.3 is 0 Å². The third kappa shape index (κ3) is 4.58. The molecule has 0 bridgehead atoms. The van der Waals surface area contributed by atoms with Crippen molar-refractivity contribution in [2.24, 2.45) is 0 Å². The van der Waals surface area contributed by atoms with E-state index < -0.39 is 27.6 Å². The van der Waals surface area contributed by atoms with Crippen LogP contribution in [0.15, 0.2) is 18.3 Å². The van der Waals surface area contributed by atoms with E-state index in [0.29, 0.717) is 5.56 Å². The van der Waals surface area contributed by atoms with Crippen molar-refractivity contribution < 1.29 is 17.4 Å². The van der Waals surface area contributed by atoms with Gasteiger partial charge in [-0.15, -0.1) is 0 Å². The Balaban J connectivity index is 2.79. The van der Waals surface area contributed by atoms with Crippen molar-refractivity contribution in [1.29, 1.82) is 0 Å². The highest BCUT2D eigenvalue weighted by molar-refractivity contribution is 7.84. The number of rotatable bonds is 3. The zero-order chi connectivity index (χ0) is 14.8. The quantitative estimate of drug-likeness (QED) is 0.930. The monoisotopic (exact) mass is 294 g/mol. The SMILES string of the molecule is C[C@H](NS(=O)C(C)(C)C)c1ccc(C(F)(F)F)nc1. The largest absolute Gasteiger partial charge is 0.433 e. The van der Waals surface area contributed by atoms with Gasteiger partial charge in [0.05, 0.1) is 15.7 Å². The van der Waals surface area contributed by atoms with Crippen LogP contribution in [0.1, 0.15) is 45.0 Å². The van der Waals surface area contributed by atoms with Gasteiger partial charge in [0.25, 0.3) is 0 Å². The molecule has 1 aromatic heterocycles. The molecule has 3 nitrogen and oxygen atoms in total. The lowest BCUT2D eigenvalue weighted by molar-refractivity contribution is -0.141. The highest BCUT2D eigenvalue weighted by atomic mass is 32.2. The molecule has 1 unspecified atom stereocenters. The minimum atomic E-state index is -4.44. The summed E-state index contributed by atoms with van der Waals surface area (Å²) in [7, 11) is -1.29. The molecule has 0 radical (unpaired) electrons. The van der Waals surface area contributed by atoms with Crippen molar-refractivity contribution in [2.75, 3.05) is 0 Å². The van der Waals surface area contributed by atoms with Gasteiger partial charge in [-0.05, 0) is 39.3 Å². The maximum Gasteiger partial charge on any atom is 0.433 e. The fourth-order valence-corrected chi connectivity index (χ4v) is 2.05. The van der Waals surface area contributed by atoms with E-state index in [1.165, 1.54) is 6.07 Å². The second kappa shape index (κ2) is 5.58. The molecule has 0 amide bonds. The summed E-state index contributed by atoms with van der Waals surface area (Å²) in [5.41, 5.74) is -0.369. The number of alkyl halides is 3. The standard InChI is InChI=1S/C12H17F3N2OS/c1-8(17-19(18)11(2,3)4)9-5-6-10(16-7-9)12(13,14)15/h5-8,17H,1-4H3/t8-,19?/m0/s1. The second-order valence-electron chi connectivity index (χ2n) is 5.20. The Hall–Kier alpha value is -0.950. The van der Waals surface area contributed by atoms with Crippen LogP contribution in [0.2, 0.25) is 0 Å². The van der Waals surface area contributed by atoms with Crippen molar-refractivity contribution in [3.63, 3.8) is 0 Å². The third-order valence-corrected chi connectivity index (χ3v) is 4.10. The first kappa shape index (κ1) is 16.1. The molecule has 19 heavy (non-hydrogen) atoms. The fraction of sp³-hybridized carbons (Fsp3) is 0.583. The molecule has 0 saturated carbocycles. The maximum atomic E-state index is 12.4. The van der Waals surface area contributed by atoms with Gasteiger partial charge in [0.15, 0.2) is 0 Å². The van der Waals surface area contributed by atoms with E-state index in [-0.39, 0.29) is 6.04 Å². The number of hydrogen-bond donors (Lipinski definition) is 1. The normalized spacial score (nSPS) is 16.2. The molecule has 0 aliphatic carbocycles. The molecule has 1 aromatic rings. The van der Waals surface area contributed by atoms with Gasteiger partial charge in [0.1, 0.15) is 5.69 Å². The maximum absolute atomic E-state index is 12.4. The molecule has 0 saturated heterocycles. The molecule has 1 heterocycles. The Kier molecular flexibility index (Phi) is 4.73. The van der Waals surface area contributed by atoms with E-state index in [1.807, 2.05) is 20.8 Å². The molecular formula is C12H17F3N2OS. The summed E-state index contributed by atoms with van der Waals surface area (Å²) < 4.78 is 51.4. The second-order valence-corrected chi connectivity index (χ2v) is 7.19. The Bertz CT molecular complexity index is 452. The summed E-state index contributed by atoms with van der Waals surface area (Å²) in [4.78, 5) is 3.38. The van der Waals surface area contributed by atoms with E-state index in [2.05, 4.69) is 9.71 Å². The average Bonchev–Trinajstić information content (AvgIpc) is 2.26. The van der Waals surface area contributed by atoms with Crippen molar-refractivity contribution >= 4 is 11.0 Å². The van der Waals surface area contributed by atoms with E-state index in [1.54, 1.807) is 6.92 Å². The predicted molar refractivity (Wildman–Crippen MR) is 68.7 cm³/mol. The molecule has 0 aromatic carbocycles. The number of nitrogens with zero attached hydrogens (tertiary/aromatic N) is 1. The molecule has 2 atom stereocenters. The summed E-state index contributed by atoms with van der Waals surface area (Å²) >= 11 is 0. The number of nitrogens with one attached hydrogen (secondary N) is 1. The van der Waals surface area contributed by atoms with Crippen LogP contribution in [-0.4, -0.2) is 13.9 Å². The lowest BCUT2D eigenvalue weighted by Crippen LogP contribution is -2.34. The van der Waals surface area contributed by atoms with Crippen LogP contribution in [0.3, 0.4) is 0 Å². The van der Waals surface area contributed by atoms with Gasteiger partial charge in [0, 0.05) is 12.2 Å². The van der Waals surface area contributed by atoms with Crippen LogP contribution in [0.4, 0.5) is 13.2 Å². The zero-order valence-electron chi connectivity index (χ0n) is 11.2. The van der Waals surface area contributed by atoms with Gasteiger partial charge >= 0.3 is 6.18 Å². The first-order chi connectivity index (χ1) is 8.51. The summed E-state index contributed by atoms with van der Waals surface area (Å²) in [5.74, 6) is 0. The summed E-state index contributed by atoms with van der Waals surface area (Å²) in [6.07, 6.45) is -3.29. The molecule has 0 aliphatic rings. The van der Waals surface area contributed by atoms with Crippen molar-refractivity contribution in [3.8, 4) is 0 Å². The molecule has 0 spiro atoms. The first-order valence-corrected chi connectivity index (χ1v) is 6.88. The molecule has 1 rings (SSSR count). The third-order valence-electron chi connectivity index (χ3n) is 2.42. The van der Waals surface area contributed by atoms with E-state index >= 15 is 0 Å². The molecule has 0 aliphatic heterocycles. The van der Waals surface area contributed by atoms with Crippen molar-refractivity contribution in [2.45, 2.75) is 44.7 Å². The first-order valence-electron chi connectivity index (χ1n) is 5.73. The smallest absolute Gasteiger partial charge is 0.251 e. The summed E-state index contributed by atoms with van der Waals surface area (Å²) in [6.45, 7) is 7.17. The lowest BCUT2D eigenvalue weighted by atomic mass is 10.1. The Morgan fingerprint density at radius 2 is 1.84 bits per heavy atom. The summed E-state index contributed by atoms with van der Waals surface area (Å²) in [5, 5.41) is 0. The lowest BCUT2D eigenvalue weighted by Gasteiger charge is -2.22. The number of hydrogen-bond acceptors (Lipinski definition) is 2. The summed E-state index contributed by atoms with van der Waals surface area (Å²) in [6, 6.07) is 1.93. The minimum absolute atomic E-state index is 0.338. The Morgan fingerprint density at radius 1 is 1.26 bits per heavy atom. The molecule has 0 fully saturated rings. The number of pyridine rings is 1. The molecule has 108 valence electrons. The van der Waals surface area contributed by atoms with Gasteiger partial charge in [-0.1, -0.05) is 6.07 Å². The van der Waals surface area contributed by atoms with Crippen LogP contribution in [-0.2, 0) is 17.2 Å². The van der Waals surface area contributed by atoms with Crippen LogP contribution in [0.5, 0.6) is 0 Å². The van der Waals surface area contributed by atoms with Crippen LogP contribution >= 0.6 is 0 Å². The van der Waals surface area contributed by atoms with E-state index in [4.69, 9.17) is 0 Å². The van der Waals surface area contributed by atoms with Crippen LogP contribution < -0.4 is 4.72 Å². The van der Waals surface area contributed by atoms with Crippen molar-refractivity contribution in [3.05, 3.63) is 29.6 Å². The van der Waals surface area contributed by atoms with Gasteiger partial charge in [-0.2, -0.15) is 13.2 Å². The number of halogens is 3. The van der Waals surface area contributed by atoms with E-state index in [9.17, 15) is 17.4 Å².